The number of hydrogen-bond acceptors (Lipinski definition) is 5. The van der Waals surface area contributed by atoms with Crippen LogP contribution in [-0.2, 0) is 26.2 Å². The molecule has 140 valence electrons. The number of nitrogens with zero attached hydrogens (tertiary/aromatic N) is 2. The molecule has 1 aromatic carbocycles. The minimum absolute atomic E-state index is 0.242. The predicted molar refractivity (Wildman–Crippen MR) is 92.8 cm³/mol. The summed E-state index contributed by atoms with van der Waals surface area (Å²) >= 11 is 0. The van der Waals surface area contributed by atoms with Crippen molar-refractivity contribution in [3.63, 3.8) is 0 Å². The number of rotatable bonds is 10. The molecule has 1 N–H and O–H groups in total. The standard InChI is InChI=1S/C16H24N2O6S/c1-4-18(5-2)25(22,23)12-15(19)17(3)10-13-6-8-14(9-7-13)24-11-16(20)21/h6-9H,4-5,10-12H2,1-3H3,(H,20,21). The molecule has 9 heteroatoms. The van der Waals surface area contributed by atoms with E-state index in [2.05, 4.69) is 0 Å². The fourth-order valence-electron chi connectivity index (χ4n) is 2.17. The predicted octanol–water partition coefficient (Wildman–Crippen LogP) is 0.780. The first-order valence-electron chi connectivity index (χ1n) is 7.84. The SMILES string of the molecule is CCN(CC)S(=O)(=O)CC(=O)N(C)Cc1ccc(OCC(=O)O)cc1. The maximum Gasteiger partial charge on any atom is 0.341 e. The molecule has 0 unspecified atom stereocenters. The monoisotopic (exact) mass is 372 g/mol. The van der Waals surface area contributed by atoms with Crippen molar-refractivity contribution < 1.29 is 27.9 Å². The summed E-state index contributed by atoms with van der Waals surface area (Å²) in [6, 6.07) is 6.59. The zero-order chi connectivity index (χ0) is 19.0. The third kappa shape index (κ3) is 6.71. The number of hydrogen-bond donors (Lipinski definition) is 1. The van der Waals surface area contributed by atoms with Gasteiger partial charge >= 0.3 is 5.97 Å². The molecule has 0 atom stereocenters. The van der Waals surface area contributed by atoms with Crippen molar-refractivity contribution in [3.05, 3.63) is 29.8 Å². The van der Waals surface area contributed by atoms with Gasteiger partial charge in [-0.05, 0) is 17.7 Å². The fourth-order valence-corrected chi connectivity index (χ4v) is 3.67. The second kappa shape index (κ2) is 9.38. The normalized spacial score (nSPS) is 11.4. The number of carboxylic acids is 1. The van der Waals surface area contributed by atoms with Gasteiger partial charge in [0.1, 0.15) is 11.5 Å². The van der Waals surface area contributed by atoms with Crippen LogP contribution < -0.4 is 4.74 Å². The van der Waals surface area contributed by atoms with E-state index >= 15 is 0 Å². The molecule has 0 aliphatic heterocycles. The summed E-state index contributed by atoms with van der Waals surface area (Å²) in [7, 11) is -2.08. The van der Waals surface area contributed by atoms with Crippen LogP contribution in [0.25, 0.3) is 0 Å². The molecule has 1 amide bonds. The van der Waals surface area contributed by atoms with E-state index in [0.717, 1.165) is 5.56 Å². The third-order valence-corrected chi connectivity index (χ3v) is 5.45. The number of carbonyl (C=O) groups is 2. The third-order valence-electron chi connectivity index (χ3n) is 3.54. The van der Waals surface area contributed by atoms with E-state index < -0.39 is 34.3 Å². The molecule has 0 heterocycles. The summed E-state index contributed by atoms with van der Waals surface area (Å²) in [6.07, 6.45) is 0. The fraction of sp³-hybridized carbons (Fsp3) is 0.500. The second-order valence-corrected chi connectivity index (χ2v) is 7.39. The van der Waals surface area contributed by atoms with Gasteiger partial charge in [0.2, 0.25) is 15.9 Å². The molecule has 0 spiro atoms. The van der Waals surface area contributed by atoms with Gasteiger partial charge in [0.15, 0.2) is 6.61 Å². The lowest BCUT2D eigenvalue weighted by molar-refractivity contribution is -0.139. The Morgan fingerprint density at radius 2 is 1.68 bits per heavy atom. The van der Waals surface area contributed by atoms with E-state index in [9.17, 15) is 18.0 Å². The molecule has 0 saturated heterocycles. The van der Waals surface area contributed by atoms with Crippen LogP contribution in [0.3, 0.4) is 0 Å². The molecular formula is C16H24N2O6S. The molecule has 0 aromatic heterocycles. The van der Waals surface area contributed by atoms with Gasteiger partial charge in [-0.1, -0.05) is 26.0 Å². The summed E-state index contributed by atoms with van der Waals surface area (Å²) in [6.45, 7) is 3.92. The number of sulfonamides is 1. The summed E-state index contributed by atoms with van der Waals surface area (Å²) in [5.41, 5.74) is 0.777. The van der Waals surface area contributed by atoms with Gasteiger partial charge in [-0.15, -0.1) is 0 Å². The van der Waals surface area contributed by atoms with Crippen molar-refractivity contribution >= 4 is 21.9 Å². The maximum atomic E-state index is 12.2. The summed E-state index contributed by atoms with van der Waals surface area (Å²) in [5, 5.41) is 8.56. The number of ether oxygens (including phenoxy) is 1. The van der Waals surface area contributed by atoms with E-state index in [-0.39, 0.29) is 6.54 Å². The van der Waals surface area contributed by atoms with E-state index in [1.165, 1.54) is 16.3 Å². The number of carboxylic acid groups (broad SMARTS) is 1. The number of amides is 1. The van der Waals surface area contributed by atoms with Gasteiger partial charge < -0.3 is 14.7 Å². The van der Waals surface area contributed by atoms with E-state index in [0.29, 0.717) is 18.8 Å². The van der Waals surface area contributed by atoms with Crippen LogP contribution in [0, 0.1) is 0 Å². The first kappa shape index (κ1) is 20.9. The zero-order valence-corrected chi connectivity index (χ0v) is 15.5. The van der Waals surface area contributed by atoms with Crippen LogP contribution in [0.15, 0.2) is 24.3 Å². The highest BCUT2D eigenvalue weighted by atomic mass is 32.2. The molecule has 0 radical (unpaired) electrons. The van der Waals surface area contributed by atoms with Crippen molar-refractivity contribution in [2.75, 3.05) is 32.5 Å². The van der Waals surface area contributed by atoms with Gasteiger partial charge in [0.05, 0.1) is 0 Å². The Labute approximate surface area is 148 Å². The minimum Gasteiger partial charge on any atom is -0.482 e. The smallest absolute Gasteiger partial charge is 0.341 e. The van der Waals surface area contributed by atoms with Gasteiger partial charge in [-0.3, -0.25) is 4.79 Å². The Hall–Kier alpha value is -2.13. The molecule has 0 aliphatic carbocycles. The quantitative estimate of drug-likeness (QED) is 0.651. The lowest BCUT2D eigenvalue weighted by Gasteiger charge is -2.21. The van der Waals surface area contributed by atoms with Crippen molar-refractivity contribution in [1.29, 1.82) is 0 Å². The van der Waals surface area contributed by atoms with Crippen LogP contribution in [0.2, 0.25) is 0 Å². The summed E-state index contributed by atoms with van der Waals surface area (Å²) < 4.78 is 30.6. The molecule has 25 heavy (non-hydrogen) atoms. The highest BCUT2D eigenvalue weighted by Gasteiger charge is 2.24. The summed E-state index contributed by atoms with van der Waals surface area (Å²) in [5.74, 6) is -1.71. The Kier molecular flexibility index (Phi) is 7.85. The molecule has 0 aliphatic rings. The van der Waals surface area contributed by atoms with Crippen LogP contribution in [0.5, 0.6) is 5.75 Å². The van der Waals surface area contributed by atoms with Gasteiger partial charge in [-0.2, -0.15) is 0 Å². The van der Waals surface area contributed by atoms with Crippen LogP contribution >= 0.6 is 0 Å². The summed E-state index contributed by atoms with van der Waals surface area (Å²) in [4.78, 5) is 24.0. The maximum absolute atomic E-state index is 12.2. The van der Waals surface area contributed by atoms with Crippen LogP contribution in [0.4, 0.5) is 0 Å². The first-order chi connectivity index (χ1) is 11.7. The molecule has 0 fully saturated rings. The van der Waals surface area contributed by atoms with E-state index in [1.807, 2.05) is 0 Å². The van der Waals surface area contributed by atoms with E-state index in [1.54, 1.807) is 38.1 Å². The van der Waals surface area contributed by atoms with Crippen LogP contribution in [-0.4, -0.2) is 67.1 Å². The molecular weight excluding hydrogens is 348 g/mol. The molecule has 1 rings (SSSR count). The van der Waals surface area contributed by atoms with Crippen molar-refractivity contribution in [2.24, 2.45) is 0 Å². The second-order valence-electron chi connectivity index (χ2n) is 5.42. The molecule has 1 aromatic rings. The highest BCUT2D eigenvalue weighted by molar-refractivity contribution is 7.89. The average Bonchev–Trinajstić information content (AvgIpc) is 2.54. The number of aliphatic carboxylic acids is 1. The largest absolute Gasteiger partial charge is 0.482 e. The Morgan fingerprint density at radius 1 is 1.12 bits per heavy atom. The van der Waals surface area contributed by atoms with Crippen molar-refractivity contribution in [2.45, 2.75) is 20.4 Å². The number of benzene rings is 1. The van der Waals surface area contributed by atoms with Crippen LogP contribution in [0.1, 0.15) is 19.4 Å². The lowest BCUT2D eigenvalue weighted by Crippen LogP contribution is -2.39. The molecule has 8 nitrogen and oxygen atoms in total. The topological polar surface area (TPSA) is 104 Å². The lowest BCUT2D eigenvalue weighted by atomic mass is 10.2. The molecule has 0 saturated carbocycles. The Morgan fingerprint density at radius 3 is 2.16 bits per heavy atom. The zero-order valence-electron chi connectivity index (χ0n) is 14.6. The number of carbonyl (C=O) groups excluding carboxylic acids is 1. The Bertz CT molecular complexity index is 683. The van der Waals surface area contributed by atoms with Crippen molar-refractivity contribution in [3.8, 4) is 5.75 Å². The van der Waals surface area contributed by atoms with Gasteiger partial charge in [0, 0.05) is 26.7 Å². The highest BCUT2D eigenvalue weighted by Crippen LogP contribution is 2.14. The van der Waals surface area contributed by atoms with E-state index in [4.69, 9.17) is 9.84 Å². The van der Waals surface area contributed by atoms with Gasteiger partial charge in [-0.25, -0.2) is 17.5 Å². The average molecular weight is 372 g/mol. The molecule has 0 bridgehead atoms. The Balaban J connectivity index is 2.64. The van der Waals surface area contributed by atoms with Crippen molar-refractivity contribution in [1.82, 2.24) is 9.21 Å². The van der Waals surface area contributed by atoms with Gasteiger partial charge in [0.25, 0.3) is 0 Å². The minimum atomic E-state index is -3.61. The first-order valence-corrected chi connectivity index (χ1v) is 9.45.